The van der Waals surface area contributed by atoms with E-state index in [1.807, 2.05) is 18.2 Å². The predicted octanol–water partition coefficient (Wildman–Crippen LogP) is 2.55. The highest BCUT2D eigenvalue weighted by Crippen LogP contribution is 2.11. The van der Waals surface area contributed by atoms with Crippen molar-refractivity contribution in [2.24, 2.45) is 0 Å². The van der Waals surface area contributed by atoms with Gasteiger partial charge in [-0.1, -0.05) is 19.6 Å². The normalized spacial score (nSPS) is 9.42. The highest BCUT2D eigenvalue weighted by atomic mass is 15.0. The van der Waals surface area contributed by atoms with Crippen molar-refractivity contribution in [1.82, 2.24) is 4.98 Å². The SMILES string of the molecule is C=Cc1cccnc1NCCC. The highest BCUT2D eigenvalue weighted by Gasteiger charge is 1.96. The molecule has 12 heavy (non-hydrogen) atoms. The molecule has 0 bridgehead atoms. The van der Waals surface area contributed by atoms with Crippen LogP contribution in [0.2, 0.25) is 0 Å². The van der Waals surface area contributed by atoms with E-state index < -0.39 is 0 Å². The van der Waals surface area contributed by atoms with Gasteiger partial charge in [0.2, 0.25) is 0 Å². The van der Waals surface area contributed by atoms with Gasteiger partial charge in [-0.3, -0.25) is 0 Å². The summed E-state index contributed by atoms with van der Waals surface area (Å²) in [4.78, 5) is 4.20. The number of aromatic nitrogens is 1. The minimum atomic E-state index is 0.925. The minimum Gasteiger partial charge on any atom is -0.370 e. The van der Waals surface area contributed by atoms with Crippen molar-refractivity contribution in [2.45, 2.75) is 13.3 Å². The smallest absolute Gasteiger partial charge is 0.133 e. The summed E-state index contributed by atoms with van der Waals surface area (Å²) < 4.78 is 0. The van der Waals surface area contributed by atoms with Crippen molar-refractivity contribution in [1.29, 1.82) is 0 Å². The Kier molecular flexibility index (Phi) is 3.33. The van der Waals surface area contributed by atoms with Gasteiger partial charge in [0.1, 0.15) is 5.82 Å². The van der Waals surface area contributed by atoms with E-state index in [4.69, 9.17) is 0 Å². The maximum atomic E-state index is 4.20. The molecule has 1 N–H and O–H groups in total. The first-order valence-corrected chi connectivity index (χ1v) is 4.19. The first-order chi connectivity index (χ1) is 5.88. The molecule has 0 aliphatic rings. The molecule has 1 aromatic heterocycles. The van der Waals surface area contributed by atoms with Crippen LogP contribution in [0.3, 0.4) is 0 Å². The molecular weight excluding hydrogens is 148 g/mol. The van der Waals surface area contributed by atoms with Crippen molar-refractivity contribution >= 4 is 11.9 Å². The van der Waals surface area contributed by atoms with Crippen LogP contribution in [0.25, 0.3) is 6.08 Å². The standard InChI is InChI=1S/C10H14N2/c1-3-7-11-10-9(4-2)6-5-8-12-10/h4-6,8H,2-3,7H2,1H3,(H,11,12). The molecule has 0 saturated carbocycles. The van der Waals surface area contributed by atoms with Gasteiger partial charge in [0.25, 0.3) is 0 Å². The molecule has 0 aliphatic heterocycles. The Morgan fingerprint density at radius 1 is 1.67 bits per heavy atom. The molecule has 2 nitrogen and oxygen atoms in total. The predicted molar refractivity (Wildman–Crippen MR) is 53.1 cm³/mol. The van der Waals surface area contributed by atoms with Crippen LogP contribution >= 0.6 is 0 Å². The lowest BCUT2D eigenvalue weighted by Crippen LogP contribution is -2.02. The fourth-order valence-corrected chi connectivity index (χ4v) is 0.974. The van der Waals surface area contributed by atoms with E-state index in [9.17, 15) is 0 Å². The summed E-state index contributed by atoms with van der Waals surface area (Å²) in [6.45, 7) is 6.80. The molecule has 0 fully saturated rings. The lowest BCUT2D eigenvalue weighted by atomic mass is 10.2. The number of anilines is 1. The van der Waals surface area contributed by atoms with Gasteiger partial charge in [-0.2, -0.15) is 0 Å². The van der Waals surface area contributed by atoms with Gasteiger partial charge in [-0.05, 0) is 18.6 Å². The van der Waals surface area contributed by atoms with Crippen molar-refractivity contribution in [3.05, 3.63) is 30.5 Å². The third-order valence-electron chi connectivity index (χ3n) is 1.60. The fourth-order valence-electron chi connectivity index (χ4n) is 0.974. The summed E-state index contributed by atoms with van der Waals surface area (Å²) >= 11 is 0. The molecule has 0 radical (unpaired) electrons. The largest absolute Gasteiger partial charge is 0.370 e. The highest BCUT2D eigenvalue weighted by molar-refractivity contribution is 5.61. The quantitative estimate of drug-likeness (QED) is 0.736. The zero-order chi connectivity index (χ0) is 8.81. The molecule has 1 heterocycles. The minimum absolute atomic E-state index is 0.925. The number of hydrogen-bond acceptors (Lipinski definition) is 2. The van der Waals surface area contributed by atoms with Crippen LogP contribution in [0.4, 0.5) is 5.82 Å². The van der Waals surface area contributed by atoms with E-state index in [0.29, 0.717) is 0 Å². The van der Waals surface area contributed by atoms with E-state index in [-0.39, 0.29) is 0 Å². The van der Waals surface area contributed by atoms with Gasteiger partial charge in [-0.25, -0.2) is 4.98 Å². The number of nitrogens with one attached hydrogen (secondary N) is 1. The van der Waals surface area contributed by atoms with Gasteiger partial charge in [0, 0.05) is 18.3 Å². The van der Waals surface area contributed by atoms with Crippen molar-refractivity contribution in [3.63, 3.8) is 0 Å². The van der Waals surface area contributed by atoms with Crippen LogP contribution in [0.5, 0.6) is 0 Å². The monoisotopic (exact) mass is 162 g/mol. The molecule has 0 aromatic carbocycles. The van der Waals surface area contributed by atoms with Gasteiger partial charge >= 0.3 is 0 Å². The second-order valence-electron chi connectivity index (χ2n) is 2.57. The summed E-state index contributed by atoms with van der Waals surface area (Å²) in [5.41, 5.74) is 1.06. The Morgan fingerprint density at radius 3 is 3.17 bits per heavy atom. The van der Waals surface area contributed by atoms with Gasteiger partial charge in [0.05, 0.1) is 0 Å². The Labute approximate surface area is 73.3 Å². The Balaban J connectivity index is 2.75. The third-order valence-corrected chi connectivity index (χ3v) is 1.60. The summed E-state index contributed by atoms with van der Waals surface area (Å²) in [7, 11) is 0. The molecular formula is C10H14N2. The van der Waals surface area contributed by atoms with E-state index in [0.717, 1.165) is 24.3 Å². The second kappa shape index (κ2) is 4.54. The summed E-state index contributed by atoms with van der Waals surface area (Å²) in [6, 6.07) is 3.91. The van der Waals surface area contributed by atoms with Crippen LogP contribution in [-0.4, -0.2) is 11.5 Å². The average Bonchev–Trinajstić information content (AvgIpc) is 2.15. The van der Waals surface area contributed by atoms with E-state index in [1.165, 1.54) is 0 Å². The lowest BCUT2D eigenvalue weighted by Gasteiger charge is -2.05. The maximum Gasteiger partial charge on any atom is 0.133 e. The van der Waals surface area contributed by atoms with Gasteiger partial charge in [-0.15, -0.1) is 0 Å². The molecule has 1 rings (SSSR count). The third kappa shape index (κ3) is 2.09. The Bertz CT molecular complexity index is 256. The van der Waals surface area contributed by atoms with Crippen LogP contribution in [0.15, 0.2) is 24.9 Å². The molecule has 0 saturated heterocycles. The fraction of sp³-hybridized carbons (Fsp3) is 0.300. The zero-order valence-electron chi connectivity index (χ0n) is 7.38. The molecule has 0 atom stereocenters. The second-order valence-corrected chi connectivity index (χ2v) is 2.57. The zero-order valence-corrected chi connectivity index (χ0v) is 7.38. The Hall–Kier alpha value is -1.31. The Morgan fingerprint density at radius 2 is 2.50 bits per heavy atom. The average molecular weight is 162 g/mol. The maximum absolute atomic E-state index is 4.20. The van der Waals surface area contributed by atoms with Crippen LogP contribution in [0, 0.1) is 0 Å². The van der Waals surface area contributed by atoms with E-state index in [2.05, 4.69) is 23.8 Å². The first kappa shape index (κ1) is 8.78. The molecule has 0 amide bonds. The first-order valence-electron chi connectivity index (χ1n) is 4.19. The molecule has 1 aromatic rings. The van der Waals surface area contributed by atoms with Crippen LogP contribution in [0.1, 0.15) is 18.9 Å². The number of hydrogen-bond donors (Lipinski definition) is 1. The van der Waals surface area contributed by atoms with E-state index in [1.54, 1.807) is 6.20 Å². The van der Waals surface area contributed by atoms with E-state index >= 15 is 0 Å². The van der Waals surface area contributed by atoms with Gasteiger partial charge in [0.15, 0.2) is 0 Å². The molecule has 0 unspecified atom stereocenters. The van der Waals surface area contributed by atoms with Crippen molar-refractivity contribution in [3.8, 4) is 0 Å². The number of nitrogens with zero attached hydrogens (tertiary/aromatic N) is 1. The molecule has 0 aliphatic carbocycles. The number of rotatable bonds is 4. The summed E-state index contributed by atoms with van der Waals surface area (Å²) in [6.07, 6.45) is 4.70. The topological polar surface area (TPSA) is 24.9 Å². The van der Waals surface area contributed by atoms with Crippen LogP contribution in [-0.2, 0) is 0 Å². The lowest BCUT2D eigenvalue weighted by molar-refractivity contribution is 0.968. The number of pyridine rings is 1. The van der Waals surface area contributed by atoms with Crippen LogP contribution < -0.4 is 5.32 Å². The summed E-state index contributed by atoms with van der Waals surface area (Å²) in [5, 5.41) is 3.23. The van der Waals surface area contributed by atoms with Gasteiger partial charge < -0.3 is 5.32 Å². The molecule has 0 spiro atoms. The van der Waals surface area contributed by atoms with Crippen molar-refractivity contribution < 1.29 is 0 Å². The molecule has 2 heteroatoms. The van der Waals surface area contributed by atoms with Crippen molar-refractivity contribution in [2.75, 3.05) is 11.9 Å². The summed E-state index contributed by atoms with van der Waals surface area (Å²) in [5.74, 6) is 0.925. The molecule has 64 valence electrons.